The molecule has 0 amide bonds. The fourth-order valence-electron chi connectivity index (χ4n) is 0.857. The third-order valence-corrected chi connectivity index (χ3v) is 1.44. The molecule has 0 aliphatic carbocycles. The van der Waals surface area contributed by atoms with Gasteiger partial charge >= 0.3 is 6.18 Å². The molecule has 11 heavy (non-hydrogen) atoms. The Balaban J connectivity index is 2.17. The van der Waals surface area contributed by atoms with Crippen LogP contribution in [-0.4, -0.2) is 37.0 Å². The van der Waals surface area contributed by atoms with E-state index in [0.29, 0.717) is 13.1 Å². The van der Waals surface area contributed by atoms with Gasteiger partial charge < -0.3 is 4.90 Å². The van der Waals surface area contributed by atoms with Crippen LogP contribution in [0.4, 0.5) is 13.2 Å². The molecule has 5 heteroatoms. The summed E-state index contributed by atoms with van der Waals surface area (Å²) >= 11 is 0. The molecular formula is C6H9F3N2. The molecule has 0 N–H and O–H groups in total. The van der Waals surface area contributed by atoms with Crippen LogP contribution < -0.4 is 0 Å². The zero-order valence-electron chi connectivity index (χ0n) is 5.93. The van der Waals surface area contributed by atoms with Gasteiger partial charge in [0.15, 0.2) is 0 Å². The Morgan fingerprint density at radius 2 is 2.18 bits per heavy atom. The Morgan fingerprint density at radius 1 is 1.45 bits per heavy atom. The third-order valence-electron chi connectivity index (χ3n) is 1.44. The van der Waals surface area contributed by atoms with E-state index < -0.39 is 12.6 Å². The summed E-state index contributed by atoms with van der Waals surface area (Å²) in [6, 6.07) is 0. The molecule has 0 radical (unpaired) electrons. The summed E-state index contributed by atoms with van der Waals surface area (Å²) in [6.07, 6.45) is -3.32. The lowest BCUT2D eigenvalue weighted by molar-refractivity contribution is -0.135. The van der Waals surface area contributed by atoms with Crippen LogP contribution in [-0.2, 0) is 0 Å². The summed E-state index contributed by atoms with van der Waals surface area (Å²) in [5.74, 6) is 0. The first-order chi connectivity index (χ1) is 5.08. The van der Waals surface area contributed by atoms with E-state index in [9.17, 15) is 13.2 Å². The molecule has 64 valence electrons. The van der Waals surface area contributed by atoms with Gasteiger partial charge in [0.05, 0.1) is 19.3 Å². The summed E-state index contributed by atoms with van der Waals surface area (Å²) in [6.45, 7) is 1.28. The van der Waals surface area contributed by atoms with Crippen LogP contribution in [0.5, 0.6) is 0 Å². The van der Waals surface area contributed by atoms with Gasteiger partial charge in [-0.2, -0.15) is 13.2 Å². The van der Waals surface area contributed by atoms with Crippen LogP contribution in [0.2, 0.25) is 0 Å². The summed E-state index contributed by atoms with van der Waals surface area (Å²) in [5, 5.41) is 0. The van der Waals surface area contributed by atoms with Crippen molar-refractivity contribution in [2.24, 2.45) is 4.99 Å². The van der Waals surface area contributed by atoms with Crippen LogP contribution in [0.15, 0.2) is 4.99 Å². The smallest absolute Gasteiger partial charge is 0.361 e. The van der Waals surface area contributed by atoms with Gasteiger partial charge in [-0.25, -0.2) is 0 Å². The molecule has 0 fully saturated rings. The maximum atomic E-state index is 11.6. The normalized spacial score (nSPS) is 17.9. The average Bonchev–Trinajstić information content (AvgIpc) is 2.32. The number of halogens is 3. The zero-order valence-corrected chi connectivity index (χ0v) is 5.93. The lowest BCUT2D eigenvalue weighted by atomic mass is 10.4. The number of hydrogen-bond donors (Lipinski definition) is 0. The van der Waals surface area contributed by atoms with E-state index >= 15 is 0 Å². The molecule has 0 bridgehead atoms. The Morgan fingerprint density at radius 3 is 2.64 bits per heavy atom. The number of aliphatic imine (C=N–C) groups is 1. The van der Waals surface area contributed by atoms with Crippen molar-refractivity contribution in [2.75, 3.05) is 19.6 Å². The first-order valence-corrected chi connectivity index (χ1v) is 3.39. The van der Waals surface area contributed by atoms with Crippen molar-refractivity contribution in [3.63, 3.8) is 0 Å². The lowest BCUT2D eigenvalue weighted by Crippen LogP contribution is -2.25. The fourth-order valence-corrected chi connectivity index (χ4v) is 0.857. The molecule has 0 unspecified atom stereocenters. The van der Waals surface area contributed by atoms with E-state index in [4.69, 9.17) is 0 Å². The van der Waals surface area contributed by atoms with Crippen LogP contribution in [0.3, 0.4) is 0 Å². The Kier molecular flexibility index (Phi) is 2.36. The molecule has 0 aromatic heterocycles. The number of alkyl halides is 3. The van der Waals surface area contributed by atoms with Gasteiger partial charge in [-0.3, -0.25) is 4.99 Å². The molecule has 0 saturated carbocycles. The fraction of sp³-hybridized carbons (Fsp3) is 0.833. The molecule has 0 spiro atoms. The van der Waals surface area contributed by atoms with Gasteiger partial charge in [-0.1, -0.05) is 0 Å². The maximum absolute atomic E-state index is 11.6. The van der Waals surface area contributed by atoms with Gasteiger partial charge in [0.25, 0.3) is 0 Å². The molecular weight excluding hydrogens is 157 g/mol. The van der Waals surface area contributed by atoms with Crippen molar-refractivity contribution in [2.45, 2.75) is 12.6 Å². The van der Waals surface area contributed by atoms with Crippen molar-refractivity contribution in [1.29, 1.82) is 0 Å². The summed E-state index contributed by atoms with van der Waals surface area (Å²) in [5.41, 5.74) is 0. The van der Waals surface area contributed by atoms with Crippen LogP contribution in [0, 0.1) is 0 Å². The number of hydrogen-bond acceptors (Lipinski definition) is 2. The molecule has 0 saturated heterocycles. The highest BCUT2D eigenvalue weighted by Gasteiger charge is 2.27. The zero-order chi connectivity index (χ0) is 8.32. The Hall–Kier alpha value is -0.740. The summed E-state index contributed by atoms with van der Waals surface area (Å²) in [4.78, 5) is 5.38. The molecule has 0 atom stereocenters. The van der Waals surface area contributed by atoms with E-state index in [1.807, 2.05) is 0 Å². The first kappa shape index (κ1) is 8.36. The molecule has 0 aromatic carbocycles. The molecule has 1 heterocycles. The van der Waals surface area contributed by atoms with Gasteiger partial charge in [-0.05, 0) is 0 Å². The van der Waals surface area contributed by atoms with Crippen molar-refractivity contribution >= 4 is 6.34 Å². The predicted molar refractivity (Wildman–Crippen MR) is 35.6 cm³/mol. The average molecular weight is 166 g/mol. The molecule has 2 nitrogen and oxygen atoms in total. The first-order valence-electron chi connectivity index (χ1n) is 3.39. The van der Waals surface area contributed by atoms with Crippen molar-refractivity contribution in [3.8, 4) is 0 Å². The summed E-state index contributed by atoms with van der Waals surface area (Å²) in [7, 11) is 0. The van der Waals surface area contributed by atoms with Gasteiger partial charge in [0.1, 0.15) is 0 Å². The Bertz CT molecular complexity index is 152. The van der Waals surface area contributed by atoms with Crippen molar-refractivity contribution in [3.05, 3.63) is 0 Å². The van der Waals surface area contributed by atoms with Crippen LogP contribution >= 0.6 is 0 Å². The lowest BCUT2D eigenvalue weighted by Gasteiger charge is -2.14. The second kappa shape index (κ2) is 3.11. The second-order valence-electron chi connectivity index (χ2n) is 2.42. The van der Waals surface area contributed by atoms with E-state index in [1.165, 1.54) is 6.34 Å². The topological polar surface area (TPSA) is 15.6 Å². The number of rotatable bonds is 2. The maximum Gasteiger partial charge on any atom is 0.390 e. The van der Waals surface area contributed by atoms with Crippen molar-refractivity contribution < 1.29 is 13.2 Å². The monoisotopic (exact) mass is 166 g/mol. The number of nitrogens with zero attached hydrogens (tertiary/aromatic N) is 2. The largest absolute Gasteiger partial charge is 0.390 e. The SMILES string of the molecule is FC(F)(F)CCN1C=NCC1. The molecule has 1 aliphatic heterocycles. The van der Waals surface area contributed by atoms with Gasteiger partial charge in [-0.15, -0.1) is 0 Å². The standard InChI is InChI=1S/C6H9F3N2/c7-6(8,9)1-3-11-4-2-10-5-11/h5H,1-4H2. The van der Waals surface area contributed by atoms with Crippen molar-refractivity contribution in [1.82, 2.24) is 4.90 Å². The minimum absolute atomic E-state index is 0.0347. The predicted octanol–water partition coefficient (Wildman–Crippen LogP) is 1.28. The van der Waals surface area contributed by atoms with Crippen LogP contribution in [0.1, 0.15) is 6.42 Å². The molecule has 1 rings (SSSR count). The molecule has 1 aliphatic rings. The minimum atomic E-state index is -4.05. The van der Waals surface area contributed by atoms with E-state index in [0.717, 1.165) is 0 Å². The second-order valence-corrected chi connectivity index (χ2v) is 2.42. The van der Waals surface area contributed by atoms with E-state index in [-0.39, 0.29) is 6.54 Å². The quantitative estimate of drug-likeness (QED) is 0.603. The highest BCUT2D eigenvalue weighted by molar-refractivity contribution is 5.56. The highest BCUT2D eigenvalue weighted by atomic mass is 19.4. The van der Waals surface area contributed by atoms with Gasteiger partial charge in [0, 0.05) is 13.1 Å². The Labute approximate surface area is 62.7 Å². The minimum Gasteiger partial charge on any atom is -0.361 e. The molecule has 0 aromatic rings. The van der Waals surface area contributed by atoms with E-state index in [2.05, 4.69) is 4.99 Å². The highest BCUT2D eigenvalue weighted by Crippen LogP contribution is 2.19. The van der Waals surface area contributed by atoms with Gasteiger partial charge in [0.2, 0.25) is 0 Å². The van der Waals surface area contributed by atoms with E-state index in [1.54, 1.807) is 4.90 Å². The third kappa shape index (κ3) is 3.25. The summed E-state index contributed by atoms with van der Waals surface area (Å²) < 4.78 is 34.9. The van der Waals surface area contributed by atoms with Crippen LogP contribution in [0.25, 0.3) is 0 Å².